The average Bonchev–Trinajstić information content (AvgIpc) is 2.75. The van der Waals surface area contributed by atoms with Crippen molar-refractivity contribution < 1.29 is 8.42 Å². The molecule has 1 atom stereocenters. The van der Waals surface area contributed by atoms with Crippen LogP contribution in [0, 0.1) is 0 Å². The molecular weight excluding hydrogens is 262 g/mol. The molecule has 1 aromatic heterocycles. The number of para-hydroxylation sites is 1. The van der Waals surface area contributed by atoms with Crippen molar-refractivity contribution in [3.63, 3.8) is 0 Å². The number of imidazole rings is 1. The second kappa shape index (κ2) is 5.05. The van der Waals surface area contributed by atoms with E-state index in [2.05, 4.69) is 10.3 Å². The molecule has 0 amide bonds. The number of hydrogen-bond donors (Lipinski definition) is 1. The van der Waals surface area contributed by atoms with Crippen molar-refractivity contribution in [2.24, 2.45) is 7.05 Å². The van der Waals surface area contributed by atoms with Crippen molar-refractivity contribution in [2.45, 2.75) is 17.9 Å². The lowest BCUT2D eigenvalue weighted by atomic mass is 10.2. The summed E-state index contributed by atoms with van der Waals surface area (Å²) in [7, 11) is -1.34. The molecule has 6 heteroatoms. The lowest BCUT2D eigenvalue weighted by Gasteiger charge is -2.17. The van der Waals surface area contributed by atoms with Gasteiger partial charge in [-0.25, -0.2) is 13.4 Å². The molecule has 0 fully saturated rings. The number of anilines is 1. The van der Waals surface area contributed by atoms with Gasteiger partial charge in [-0.15, -0.1) is 0 Å². The number of rotatable bonds is 4. The molecule has 0 radical (unpaired) electrons. The molecule has 1 aromatic carbocycles. The number of aryl methyl sites for hydroxylation is 1. The third kappa shape index (κ3) is 2.96. The molecule has 2 aromatic rings. The van der Waals surface area contributed by atoms with Crippen LogP contribution in [0.4, 0.5) is 5.69 Å². The number of hydrogen-bond acceptors (Lipinski definition) is 4. The van der Waals surface area contributed by atoms with Crippen LogP contribution in [-0.4, -0.2) is 24.2 Å². The topological polar surface area (TPSA) is 64.0 Å². The van der Waals surface area contributed by atoms with Gasteiger partial charge in [-0.3, -0.25) is 0 Å². The van der Waals surface area contributed by atoms with Gasteiger partial charge in [0.25, 0.3) is 0 Å². The molecule has 1 unspecified atom stereocenters. The highest BCUT2D eigenvalue weighted by molar-refractivity contribution is 7.90. The maximum Gasteiger partial charge on any atom is 0.177 e. The molecule has 0 aliphatic heterocycles. The van der Waals surface area contributed by atoms with Crippen LogP contribution >= 0.6 is 0 Å². The number of aromatic nitrogens is 2. The molecule has 0 bridgehead atoms. The second-order valence-electron chi connectivity index (χ2n) is 4.53. The number of nitrogens with zero attached hydrogens (tertiary/aromatic N) is 2. The van der Waals surface area contributed by atoms with Crippen LogP contribution in [0.25, 0.3) is 0 Å². The van der Waals surface area contributed by atoms with Gasteiger partial charge >= 0.3 is 0 Å². The highest BCUT2D eigenvalue weighted by Crippen LogP contribution is 2.24. The number of nitrogens with one attached hydrogen (secondary N) is 1. The van der Waals surface area contributed by atoms with Crippen molar-refractivity contribution in [3.05, 3.63) is 42.5 Å². The first-order valence-corrected chi connectivity index (χ1v) is 7.81. The molecule has 1 N–H and O–H groups in total. The van der Waals surface area contributed by atoms with Crippen LogP contribution in [0.5, 0.6) is 0 Å². The maximum absolute atomic E-state index is 11.7. The van der Waals surface area contributed by atoms with E-state index in [0.717, 1.165) is 5.82 Å². The fraction of sp³-hybridized carbons (Fsp3) is 0.308. The van der Waals surface area contributed by atoms with Gasteiger partial charge in [0, 0.05) is 25.7 Å². The Balaban J connectivity index is 2.32. The van der Waals surface area contributed by atoms with Gasteiger partial charge in [0.1, 0.15) is 5.82 Å². The molecule has 0 spiro atoms. The van der Waals surface area contributed by atoms with Crippen LogP contribution in [0.3, 0.4) is 0 Å². The van der Waals surface area contributed by atoms with E-state index in [0.29, 0.717) is 10.6 Å². The van der Waals surface area contributed by atoms with Crippen LogP contribution < -0.4 is 5.32 Å². The van der Waals surface area contributed by atoms with Crippen molar-refractivity contribution in [1.82, 2.24) is 9.55 Å². The Bertz CT molecular complexity index is 677. The third-order valence-corrected chi connectivity index (χ3v) is 4.06. The summed E-state index contributed by atoms with van der Waals surface area (Å²) in [6.45, 7) is 1.95. The largest absolute Gasteiger partial charge is 0.374 e. The van der Waals surface area contributed by atoms with Crippen LogP contribution in [0.1, 0.15) is 18.8 Å². The molecule has 1 heterocycles. The van der Waals surface area contributed by atoms with E-state index in [1.54, 1.807) is 24.4 Å². The van der Waals surface area contributed by atoms with Gasteiger partial charge in [0.05, 0.1) is 16.6 Å². The standard InChI is InChI=1S/C13H17N3O2S/c1-10(13-14-8-9-16(13)2)15-11-6-4-5-7-12(11)19(3,17)18/h4-10,15H,1-3H3. The maximum atomic E-state index is 11.7. The fourth-order valence-corrected chi connectivity index (χ4v) is 2.85. The smallest absolute Gasteiger partial charge is 0.177 e. The van der Waals surface area contributed by atoms with Gasteiger partial charge in [-0.2, -0.15) is 0 Å². The minimum Gasteiger partial charge on any atom is -0.374 e. The molecular formula is C13H17N3O2S. The number of sulfone groups is 1. The van der Waals surface area contributed by atoms with E-state index < -0.39 is 9.84 Å². The summed E-state index contributed by atoms with van der Waals surface area (Å²) in [5, 5.41) is 3.20. The quantitative estimate of drug-likeness (QED) is 0.929. The van der Waals surface area contributed by atoms with Crippen molar-refractivity contribution >= 4 is 15.5 Å². The SMILES string of the molecule is CC(Nc1ccccc1S(C)(=O)=O)c1nccn1C. The minimum absolute atomic E-state index is 0.0806. The summed E-state index contributed by atoms with van der Waals surface area (Å²) in [6, 6.07) is 6.80. The van der Waals surface area contributed by atoms with Gasteiger partial charge in [-0.1, -0.05) is 12.1 Å². The van der Waals surface area contributed by atoms with E-state index >= 15 is 0 Å². The van der Waals surface area contributed by atoms with Gasteiger partial charge in [0.15, 0.2) is 9.84 Å². The highest BCUT2D eigenvalue weighted by atomic mass is 32.2. The van der Waals surface area contributed by atoms with Gasteiger partial charge in [-0.05, 0) is 19.1 Å². The van der Waals surface area contributed by atoms with Gasteiger partial charge < -0.3 is 9.88 Å². The minimum atomic E-state index is -3.25. The van der Waals surface area contributed by atoms with E-state index in [1.165, 1.54) is 6.26 Å². The molecule has 0 saturated carbocycles. The molecule has 2 rings (SSSR count). The Morgan fingerprint density at radius 2 is 2.00 bits per heavy atom. The predicted molar refractivity (Wildman–Crippen MR) is 74.8 cm³/mol. The summed E-state index contributed by atoms with van der Waals surface area (Å²) < 4.78 is 25.4. The predicted octanol–water partition coefficient (Wildman–Crippen LogP) is 2.00. The van der Waals surface area contributed by atoms with Crippen LogP contribution in [0.15, 0.2) is 41.6 Å². The Kier molecular flexibility index (Phi) is 3.61. The summed E-state index contributed by atoms with van der Waals surface area (Å²) >= 11 is 0. The summed E-state index contributed by atoms with van der Waals surface area (Å²) in [5.74, 6) is 0.850. The average molecular weight is 279 g/mol. The summed E-state index contributed by atoms with van der Waals surface area (Å²) in [5.41, 5.74) is 0.598. The Morgan fingerprint density at radius 1 is 1.32 bits per heavy atom. The molecule has 0 aliphatic carbocycles. The lowest BCUT2D eigenvalue weighted by Crippen LogP contribution is -2.14. The molecule has 102 valence electrons. The van der Waals surface area contributed by atoms with Gasteiger partial charge in [0.2, 0.25) is 0 Å². The van der Waals surface area contributed by atoms with E-state index in [4.69, 9.17) is 0 Å². The fourth-order valence-electron chi connectivity index (χ4n) is 2.00. The zero-order valence-electron chi connectivity index (χ0n) is 11.2. The Labute approximate surface area is 113 Å². The number of benzene rings is 1. The highest BCUT2D eigenvalue weighted by Gasteiger charge is 2.16. The zero-order chi connectivity index (χ0) is 14.0. The second-order valence-corrected chi connectivity index (χ2v) is 6.51. The molecule has 19 heavy (non-hydrogen) atoms. The first-order chi connectivity index (χ1) is 8.89. The molecule has 0 aliphatic rings. The van der Waals surface area contributed by atoms with E-state index in [9.17, 15) is 8.42 Å². The van der Waals surface area contributed by atoms with Crippen molar-refractivity contribution in [2.75, 3.05) is 11.6 Å². The summed E-state index contributed by atoms with van der Waals surface area (Å²) in [6.07, 6.45) is 4.78. The Hall–Kier alpha value is -1.82. The first kappa shape index (κ1) is 13.6. The molecule has 0 saturated heterocycles. The Morgan fingerprint density at radius 3 is 2.58 bits per heavy atom. The first-order valence-electron chi connectivity index (χ1n) is 5.92. The van der Waals surface area contributed by atoms with Crippen LogP contribution in [-0.2, 0) is 16.9 Å². The van der Waals surface area contributed by atoms with Crippen LogP contribution in [0.2, 0.25) is 0 Å². The van der Waals surface area contributed by atoms with E-state index in [-0.39, 0.29) is 6.04 Å². The third-order valence-electron chi connectivity index (χ3n) is 2.90. The van der Waals surface area contributed by atoms with E-state index in [1.807, 2.05) is 30.8 Å². The summed E-state index contributed by atoms with van der Waals surface area (Å²) in [4.78, 5) is 4.56. The van der Waals surface area contributed by atoms with Crippen molar-refractivity contribution in [1.29, 1.82) is 0 Å². The molecule has 5 nitrogen and oxygen atoms in total. The normalized spacial score (nSPS) is 13.2. The lowest BCUT2D eigenvalue weighted by molar-refractivity contribution is 0.602. The zero-order valence-corrected chi connectivity index (χ0v) is 12.0. The monoisotopic (exact) mass is 279 g/mol. The van der Waals surface area contributed by atoms with Crippen molar-refractivity contribution in [3.8, 4) is 0 Å².